The molecule has 0 bridgehead atoms. The van der Waals surface area contributed by atoms with Crippen molar-refractivity contribution in [3.63, 3.8) is 0 Å². The van der Waals surface area contributed by atoms with Crippen LogP contribution in [0.1, 0.15) is 6.92 Å². The van der Waals surface area contributed by atoms with Crippen molar-refractivity contribution in [3.8, 4) is 0 Å². The molecule has 0 heterocycles. The Morgan fingerprint density at radius 2 is 0.913 bits per heavy atom. The molecule has 0 atom stereocenters. The third-order valence-electron chi connectivity index (χ3n) is 0.762. The zero-order chi connectivity index (χ0) is 16.0. The summed E-state index contributed by atoms with van der Waals surface area (Å²) in [5.41, 5.74) is 0. The van der Waals surface area contributed by atoms with E-state index in [1.54, 1.807) is 6.92 Å². The predicted molar refractivity (Wildman–Crippen MR) is 44.1 cm³/mol. The summed E-state index contributed by atoms with van der Waals surface area (Å²) in [6.07, 6.45) is -0.623. The van der Waals surface area contributed by atoms with Gasteiger partial charge in [0.1, 0.15) is 0 Å². The largest absolute Gasteiger partial charge is 1.00 e. The van der Waals surface area contributed by atoms with Gasteiger partial charge in [0.25, 0.3) is 0 Å². The molecule has 0 amide bonds. The van der Waals surface area contributed by atoms with Gasteiger partial charge in [0.15, 0.2) is 0 Å². The van der Waals surface area contributed by atoms with Crippen LogP contribution >= 0.6 is 0 Å². The van der Waals surface area contributed by atoms with Crippen molar-refractivity contribution in [2.75, 3.05) is 13.7 Å². The Bertz CT molecular complexity index is 299. The van der Waals surface area contributed by atoms with Crippen molar-refractivity contribution in [3.05, 3.63) is 0 Å². The van der Waals surface area contributed by atoms with E-state index < -0.39 is 30.0 Å². The van der Waals surface area contributed by atoms with Gasteiger partial charge in [0.2, 0.25) is 0 Å². The Labute approximate surface area is 179 Å². The van der Waals surface area contributed by atoms with E-state index in [1.165, 1.54) is 7.11 Å². The summed E-state index contributed by atoms with van der Waals surface area (Å²) in [7, 11) is 1.28. The smallest absolute Gasteiger partial charge is 0.543 e. The summed E-state index contributed by atoms with van der Waals surface area (Å²) >= 11 is 0. The minimum Gasteiger partial charge on any atom is -0.543 e. The van der Waals surface area contributed by atoms with E-state index in [2.05, 4.69) is 9.47 Å². The first-order valence-electron chi connectivity index (χ1n) is 4.15. The molecular weight excluding hydrogens is 300 g/mol. The average molecular weight is 308 g/mol. The molecule has 0 radical (unpaired) electrons. The average Bonchev–Trinajstić information content (AvgIpc) is 2.30. The van der Waals surface area contributed by atoms with Crippen molar-refractivity contribution in [2.45, 2.75) is 6.92 Å². The molecule has 0 aromatic rings. The summed E-state index contributed by atoms with van der Waals surface area (Å²) in [6, 6.07) is 0. The van der Waals surface area contributed by atoms with Crippen LogP contribution in [0.3, 0.4) is 0 Å². The van der Waals surface area contributed by atoms with Crippen LogP contribution in [0.2, 0.25) is 0 Å². The predicted octanol–water partition coefficient (Wildman–Crippen LogP) is -18.2. The van der Waals surface area contributed by atoms with Crippen LogP contribution < -0.4 is 95.9 Å². The SMILES string of the molecule is CCOC(=O)OC.O=C([O-])C(=O)[O-].O=C([O-])C(=O)[O-].[Li+].[Li+].[Li+].[Li+]. The third-order valence-corrected chi connectivity index (χ3v) is 0.762. The van der Waals surface area contributed by atoms with Gasteiger partial charge in [-0.05, 0) is 6.92 Å². The van der Waals surface area contributed by atoms with E-state index in [0.717, 1.165) is 0 Å². The number of carboxylic acids is 4. The van der Waals surface area contributed by atoms with Crippen LogP contribution in [0.15, 0.2) is 0 Å². The fourth-order valence-corrected chi connectivity index (χ4v) is 0.177. The number of methoxy groups -OCH3 is 1. The molecule has 0 rings (SSSR count). The van der Waals surface area contributed by atoms with E-state index >= 15 is 0 Å². The fraction of sp³-hybridized carbons (Fsp3) is 0.375. The van der Waals surface area contributed by atoms with Gasteiger partial charge < -0.3 is 49.1 Å². The molecule has 23 heavy (non-hydrogen) atoms. The van der Waals surface area contributed by atoms with Gasteiger partial charge >= 0.3 is 81.6 Å². The van der Waals surface area contributed by atoms with Crippen LogP contribution in [0.5, 0.6) is 0 Å². The Hall–Kier alpha value is -0.460. The number of hydrogen-bond acceptors (Lipinski definition) is 11. The topological polar surface area (TPSA) is 196 Å². The molecule has 0 aliphatic carbocycles. The summed E-state index contributed by atoms with van der Waals surface area (Å²) in [6.45, 7) is 2.09. The maximum absolute atomic E-state index is 9.97. The van der Waals surface area contributed by atoms with E-state index in [4.69, 9.17) is 39.6 Å². The molecule has 0 saturated heterocycles. The van der Waals surface area contributed by atoms with Gasteiger partial charge in [-0.3, -0.25) is 0 Å². The summed E-state index contributed by atoms with van der Waals surface area (Å²) in [5.74, 6) is -8.74. The number of hydrogen-bond donors (Lipinski definition) is 0. The third kappa shape index (κ3) is 52.3. The van der Waals surface area contributed by atoms with Crippen LogP contribution in [0.4, 0.5) is 4.79 Å². The van der Waals surface area contributed by atoms with Crippen molar-refractivity contribution in [1.82, 2.24) is 0 Å². The molecule has 0 fully saturated rings. The number of aliphatic carboxylic acids is 4. The van der Waals surface area contributed by atoms with Crippen LogP contribution in [-0.4, -0.2) is 43.7 Å². The first kappa shape index (κ1) is 43.3. The molecule has 0 aromatic heterocycles. The van der Waals surface area contributed by atoms with E-state index in [1.807, 2.05) is 0 Å². The molecule has 110 valence electrons. The second kappa shape index (κ2) is 29.5. The maximum Gasteiger partial charge on any atom is 1.00 e. The van der Waals surface area contributed by atoms with Gasteiger partial charge in [-0.2, -0.15) is 0 Å². The summed E-state index contributed by atoms with van der Waals surface area (Å²) in [4.78, 5) is 45.7. The van der Waals surface area contributed by atoms with Gasteiger partial charge in [-0.15, -0.1) is 0 Å². The van der Waals surface area contributed by atoms with Crippen molar-refractivity contribution in [2.24, 2.45) is 0 Å². The van der Waals surface area contributed by atoms with Crippen LogP contribution in [0.25, 0.3) is 0 Å². The second-order valence-corrected chi connectivity index (χ2v) is 2.04. The summed E-state index contributed by atoms with van der Waals surface area (Å²) < 4.78 is 8.46. The maximum atomic E-state index is 9.97. The minimum absolute atomic E-state index is 0. The Morgan fingerprint density at radius 1 is 0.696 bits per heavy atom. The van der Waals surface area contributed by atoms with Crippen LogP contribution in [0, 0.1) is 0 Å². The molecule has 15 heteroatoms. The van der Waals surface area contributed by atoms with Crippen molar-refractivity contribution < 1.29 is 129 Å². The van der Waals surface area contributed by atoms with Crippen molar-refractivity contribution in [1.29, 1.82) is 0 Å². The van der Waals surface area contributed by atoms with E-state index in [-0.39, 0.29) is 75.4 Å². The first-order chi connectivity index (χ1) is 8.59. The standard InChI is InChI=1S/C4H8O3.2C2H2O4.4Li/c1-3-7-4(5)6-2;2*3-1(4)2(5)6;;;;/h3H2,1-2H3;2*(H,3,4)(H,5,6);;;;/q;;;4*+1/p-4. The van der Waals surface area contributed by atoms with Gasteiger partial charge in [0, 0.05) is 0 Å². The Kier molecular flexibility index (Phi) is 55.6. The zero-order valence-electron chi connectivity index (χ0n) is 13.7. The molecule has 11 nitrogen and oxygen atoms in total. The molecular formula is C8H8Li4O11. The number of carboxylic acid groups (broad SMARTS) is 4. The molecule has 0 spiro atoms. The number of rotatable bonds is 1. The molecule has 0 saturated carbocycles. The molecule has 0 unspecified atom stereocenters. The number of ether oxygens (including phenoxy) is 2. The first-order valence-corrected chi connectivity index (χ1v) is 4.15. The summed E-state index contributed by atoms with van der Waals surface area (Å²) in [5, 5.41) is 35.7. The fourth-order valence-electron chi connectivity index (χ4n) is 0.177. The van der Waals surface area contributed by atoms with Crippen LogP contribution in [-0.2, 0) is 28.7 Å². The second-order valence-electron chi connectivity index (χ2n) is 2.04. The minimum atomic E-state index is -2.19. The Balaban J connectivity index is -0.0000000308. The number of carbonyl (C=O) groups is 5. The van der Waals surface area contributed by atoms with E-state index in [0.29, 0.717) is 6.61 Å². The normalized spacial score (nSPS) is 6.17. The molecule has 0 aliphatic heterocycles. The van der Waals surface area contributed by atoms with E-state index in [9.17, 15) is 4.79 Å². The van der Waals surface area contributed by atoms with Gasteiger partial charge in [-0.1, -0.05) is 0 Å². The zero-order valence-corrected chi connectivity index (χ0v) is 13.7. The van der Waals surface area contributed by atoms with Crippen molar-refractivity contribution >= 4 is 30.0 Å². The van der Waals surface area contributed by atoms with Gasteiger partial charge in [-0.25, -0.2) is 4.79 Å². The van der Waals surface area contributed by atoms with Gasteiger partial charge in [0.05, 0.1) is 37.6 Å². The molecule has 0 N–H and O–H groups in total. The Morgan fingerprint density at radius 3 is 0.957 bits per heavy atom. The monoisotopic (exact) mass is 308 g/mol. The number of carbonyl (C=O) groups excluding carboxylic acids is 5. The quantitative estimate of drug-likeness (QED) is 0.253. The molecule has 0 aliphatic rings. The molecule has 0 aromatic carbocycles.